The third-order valence-corrected chi connectivity index (χ3v) is 6.86. The van der Waals surface area contributed by atoms with Crippen molar-refractivity contribution >= 4 is 51.9 Å². The Labute approximate surface area is 166 Å². The van der Waals surface area contributed by atoms with E-state index < -0.39 is 0 Å². The number of carbonyl (C=O) groups excluding carboxylic acids is 2. The van der Waals surface area contributed by atoms with Crippen molar-refractivity contribution in [3.05, 3.63) is 40.8 Å². The van der Waals surface area contributed by atoms with Crippen molar-refractivity contribution in [2.45, 2.75) is 12.8 Å². The number of thiocarbonyl (C=S) groups is 1. The van der Waals surface area contributed by atoms with Crippen LogP contribution in [0.15, 0.2) is 35.3 Å². The summed E-state index contributed by atoms with van der Waals surface area (Å²) in [6, 6.07) is 5.70. The lowest BCUT2D eigenvalue weighted by Gasteiger charge is -2.33. The van der Waals surface area contributed by atoms with E-state index in [1.54, 1.807) is 6.08 Å². The summed E-state index contributed by atoms with van der Waals surface area (Å²) in [5.41, 5.74) is 1.64. The number of thioether (sulfide) groups is 1. The van der Waals surface area contributed by atoms with E-state index in [-0.39, 0.29) is 18.4 Å². The highest BCUT2D eigenvalue weighted by molar-refractivity contribution is 8.26. The molecule has 3 unspecified atom stereocenters. The van der Waals surface area contributed by atoms with Gasteiger partial charge in [0.2, 0.25) is 0 Å². The molecule has 3 atom stereocenters. The molecule has 27 heavy (non-hydrogen) atoms. The van der Waals surface area contributed by atoms with Crippen LogP contribution in [0.2, 0.25) is 0 Å². The molecule has 0 radical (unpaired) electrons. The van der Waals surface area contributed by atoms with Gasteiger partial charge < -0.3 is 15.0 Å². The van der Waals surface area contributed by atoms with Gasteiger partial charge in [-0.3, -0.25) is 9.59 Å². The van der Waals surface area contributed by atoms with E-state index in [9.17, 15) is 9.59 Å². The van der Waals surface area contributed by atoms with E-state index in [4.69, 9.17) is 17.0 Å². The van der Waals surface area contributed by atoms with Crippen molar-refractivity contribution in [1.29, 1.82) is 0 Å². The van der Waals surface area contributed by atoms with Crippen molar-refractivity contribution in [2.75, 3.05) is 18.1 Å². The number of hydrogen-bond acceptors (Lipinski definition) is 5. The molecule has 2 bridgehead atoms. The predicted octanol–water partition coefficient (Wildman–Crippen LogP) is 3.11. The van der Waals surface area contributed by atoms with E-state index in [0.29, 0.717) is 27.0 Å². The molecule has 2 aliphatic carbocycles. The molecule has 7 heteroatoms. The average molecular weight is 399 g/mol. The second-order valence-corrected chi connectivity index (χ2v) is 9.13. The van der Waals surface area contributed by atoms with Gasteiger partial charge in [0.15, 0.2) is 6.61 Å². The van der Waals surface area contributed by atoms with Crippen LogP contribution in [0.1, 0.15) is 18.4 Å². The van der Waals surface area contributed by atoms with Crippen molar-refractivity contribution in [1.82, 2.24) is 5.32 Å². The number of benzene rings is 1. The van der Waals surface area contributed by atoms with Crippen molar-refractivity contribution < 1.29 is 14.3 Å². The van der Waals surface area contributed by atoms with Gasteiger partial charge in [-0.1, -0.05) is 42.2 Å². The Morgan fingerprint density at radius 2 is 2.19 bits per heavy atom. The molecule has 0 aromatic heterocycles. The number of hydrogen-bond donors (Lipinski definition) is 1. The van der Waals surface area contributed by atoms with Gasteiger partial charge in [-0.25, -0.2) is 0 Å². The van der Waals surface area contributed by atoms with Crippen LogP contribution in [0, 0.1) is 17.8 Å². The summed E-state index contributed by atoms with van der Waals surface area (Å²) >= 11 is 6.29. The van der Waals surface area contributed by atoms with Crippen LogP contribution in [-0.4, -0.2) is 29.3 Å². The van der Waals surface area contributed by atoms with Crippen LogP contribution >= 0.6 is 24.0 Å². The molecule has 1 aromatic rings. The summed E-state index contributed by atoms with van der Waals surface area (Å²) in [6.07, 6.45) is 8.80. The van der Waals surface area contributed by atoms with Gasteiger partial charge in [-0.05, 0) is 54.4 Å². The Balaban J connectivity index is 1.44. The van der Waals surface area contributed by atoms with E-state index in [1.807, 2.05) is 23.1 Å². The Bertz CT molecular complexity index is 924. The highest BCUT2D eigenvalue weighted by atomic mass is 32.2. The largest absolute Gasteiger partial charge is 0.482 e. The molecule has 138 valence electrons. The van der Waals surface area contributed by atoms with Crippen molar-refractivity contribution in [3.63, 3.8) is 0 Å². The molecule has 5 nitrogen and oxygen atoms in total. The van der Waals surface area contributed by atoms with Crippen LogP contribution in [0.3, 0.4) is 0 Å². The fraction of sp³-hybridized carbons (Fsp3) is 0.350. The first-order chi connectivity index (χ1) is 13.1. The number of nitrogens with one attached hydrogen (secondary N) is 1. The summed E-state index contributed by atoms with van der Waals surface area (Å²) in [6.45, 7) is 0.802. The maximum atomic E-state index is 12.6. The second kappa shape index (κ2) is 6.49. The van der Waals surface area contributed by atoms with Crippen LogP contribution in [0.25, 0.3) is 6.08 Å². The standard InChI is InChI=1S/C20H18N2O3S2/c23-18-10-25-16-4-2-12(8-17-19(24)21-20(26)27-17)7-15(16)22(18)9-14-6-11-1-3-13(14)5-11/h1-4,7-8,11,13-14H,5-6,9-10H2,(H,21,24,26)/b17-8+. The molecule has 5 rings (SSSR count). The number of rotatable bonds is 3. The lowest BCUT2D eigenvalue weighted by atomic mass is 9.92. The predicted molar refractivity (Wildman–Crippen MR) is 109 cm³/mol. The Morgan fingerprint density at radius 3 is 2.89 bits per heavy atom. The maximum Gasteiger partial charge on any atom is 0.265 e. The first kappa shape index (κ1) is 17.0. The van der Waals surface area contributed by atoms with Crippen LogP contribution in [0.4, 0.5) is 5.69 Å². The molecule has 1 aromatic carbocycles. The van der Waals surface area contributed by atoms with E-state index in [2.05, 4.69) is 17.5 Å². The molecule has 1 N–H and O–H groups in total. The smallest absolute Gasteiger partial charge is 0.265 e. The van der Waals surface area contributed by atoms with Gasteiger partial charge in [-0.2, -0.15) is 0 Å². The highest BCUT2D eigenvalue weighted by Gasteiger charge is 2.38. The molecule has 2 heterocycles. The number of allylic oxidation sites excluding steroid dienone is 2. The third kappa shape index (κ3) is 3.08. The molecule has 2 aliphatic heterocycles. The first-order valence-corrected chi connectivity index (χ1v) is 10.3. The molecule has 0 spiro atoms. The highest BCUT2D eigenvalue weighted by Crippen LogP contribution is 2.45. The quantitative estimate of drug-likeness (QED) is 0.482. The maximum absolute atomic E-state index is 12.6. The lowest BCUT2D eigenvalue weighted by molar-refractivity contribution is -0.121. The molecule has 2 fully saturated rings. The van der Waals surface area contributed by atoms with Gasteiger partial charge in [-0.15, -0.1) is 0 Å². The molecule has 1 saturated heterocycles. The zero-order valence-electron chi connectivity index (χ0n) is 14.5. The molecular weight excluding hydrogens is 380 g/mol. The van der Waals surface area contributed by atoms with Crippen LogP contribution in [0.5, 0.6) is 5.75 Å². The minimum atomic E-state index is -0.180. The zero-order chi connectivity index (χ0) is 18.5. The summed E-state index contributed by atoms with van der Waals surface area (Å²) in [7, 11) is 0. The van der Waals surface area contributed by atoms with E-state index in [0.717, 1.165) is 30.0 Å². The topological polar surface area (TPSA) is 58.6 Å². The number of amides is 2. The third-order valence-electron chi connectivity index (χ3n) is 5.70. The number of nitrogens with zero attached hydrogens (tertiary/aromatic N) is 1. The average Bonchev–Trinajstić information content (AvgIpc) is 3.34. The summed E-state index contributed by atoms with van der Waals surface area (Å²) < 4.78 is 6.09. The first-order valence-electron chi connectivity index (χ1n) is 9.07. The number of ether oxygens (including phenoxy) is 1. The minimum Gasteiger partial charge on any atom is -0.482 e. The fourth-order valence-electron chi connectivity index (χ4n) is 4.42. The van der Waals surface area contributed by atoms with Crippen molar-refractivity contribution in [3.8, 4) is 5.75 Å². The van der Waals surface area contributed by atoms with E-state index in [1.165, 1.54) is 18.2 Å². The SMILES string of the molecule is O=C1NC(=S)S/C1=C/c1ccc2c(c1)N(CC1CC3C=CC1C3)C(=O)CO2. The van der Waals surface area contributed by atoms with E-state index >= 15 is 0 Å². The molecule has 2 amide bonds. The number of fused-ring (bicyclic) bond motifs is 3. The summed E-state index contributed by atoms with van der Waals surface area (Å²) in [5, 5.41) is 2.62. The van der Waals surface area contributed by atoms with Crippen LogP contribution < -0.4 is 15.0 Å². The molecule has 1 saturated carbocycles. The van der Waals surface area contributed by atoms with Gasteiger partial charge in [0.25, 0.3) is 11.8 Å². The monoisotopic (exact) mass is 398 g/mol. The minimum absolute atomic E-state index is 0.00628. The Hall–Kier alpha value is -2.12. The van der Waals surface area contributed by atoms with Gasteiger partial charge in [0.1, 0.15) is 10.1 Å². The Morgan fingerprint density at radius 1 is 1.30 bits per heavy atom. The number of carbonyl (C=O) groups is 2. The normalized spacial score (nSPS) is 30.1. The fourth-order valence-corrected chi connectivity index (χ4v) is 5.46. The Kier molecular flexibility index (Phi) is 4.09. The zero-order valence-corrected chi connectivity index (χ0v) is 16.1. The van der Waals surface area contributed by atoms with Gasteiger partial charge >= 0.3 is 0 Å². The lowest BCUT2D eigenvalue weighted by Crippen LogP contribution is -2.42. The van der Waals surface area contributed by atoms with Gasteiger partial charge in [0.05, 0.1) is 10.6 Å². The van der Waals surface area contributed by atoms with Crippen molar-refractivity contribution in [2.24, 2.45) is 17.8 Å². The van der Waals surface area contributed by atoms with Gasteiger partial charge in [0, 0.05) is 6.54 Å². The molecular formula is C20H18N2O3S2. The molecule has 4 aliphatic rings. The second-order valence-electron chi connectivity index (χ2n) is 7.41. The number of anilines is 1. The summed E-state index contributed by atoms with van der Waals surface area (Å²) in [5.74, 6) is 2.29. The van der Waals surface area contributed by atoms with Crippen LogP contribution in [-0.2, 0) is 9.59 Å². The summed E-state index contributed by atoms with van der Waals surface area (Å²) in [4.78, 5) is 26.9.